The van der Waals surface area contributed by atoms with Gasteiger partial charge in [0.25, 0.3) is 0 Å². The van der Waals surface area contributed by atoms with Crippen molar-refractivity contribution in [2.24, 2.45) is 0 Å². The van der Waals surface area contributed by atoms with Gasteiger partial charge in [-0.2, -0.15) is 0 Å². The summed E-state index contributed by atoms with van der Waals surface area (Å²) in [6.07, 6.45) is 1.73. The second-order valence-corrected chi connectivity index (χ2v) is 3.25. The Bertz CT molecular complexity index is 340. The first-order chi connectivity index (χ1) is 5.22. The number of rotatable bonds is 0. The topological polar surface area (TPSA) is 32.9 Å². The third kappa shape index (κ3) is 0.694. The van der Waals surface area contributed by atoms with Crippen LogP contribution in [0, 0.1) is 0 Å². The molecule has 0 saturated carbocycles. The molecule has 1 aromatic heterocycles. The van der Waals surface area contributed by atoms with Gasteiger partial charge in [-0.15, -0.1) is 0 Å². The molecule has 2 nitrogen and oxygen atoms in total. The summed E-state index contributed by atoms with van der Waals surface area (Å²) < 4.78 is 0. The van der Waals surface area contributed by atoms with E-state index in [4.69, 9.17) is 0 Å². The highest BCUT2D eigenvalue weighted by atomic mass is 16.1. The summed E-state index contributed by atoms with van der Waals surface area (Å²) in [5, 5.41) is 0. The lowest BCUT2D eigenvalue weighted by molar-refractivity contribution is 0.516. The Morgan fingerprint density at radius 1 is 1.36 bits per heavy atom. The zero-order valence-electron chi connectivity index (χ0n) is 6.72. The maximum atomic E-state index is 11.2. The van der Waals surface area contributed by atoms with Crippen LogP contribution in [0.1, 0.15) is 36.9 Å². The molecule has 2 atom stereocenters. The predicted molar refractivity (Wildman–Crippen MR) is 43.9 cm³/mol. The SMILES string of the molecule is CC1c2[nH]ccc(=O)c2C1C. The van der Waals surface area contributed by atoms with Crippen LogP contribution >= 0.6 is 0 Å². The van der Waals surface area contributed by atoms with Gasteiger partial charge < -0.3 is 4.98 Å². The molecular formula is C9H11NO. The third-order valence-electron chi connectivity index (χ3n) is 2.69. The molecule has 1 aliphatic rings. The Hall–Kier alpha value is -1.05. The summed E-state index contributed by atoms with van der Waals surface area (Å²) in [6.45, 7) is 4.24. The van der Waals surface area contributed by atoms with Crippen molar-refractivity contribution in [2.75, 3.05) is 0 Å². The fourth-order valence-corrected chi connectivity index (χ4v) is 1.76. The van der Waals surface area contributed by atoms with Crippen LogP contribution in [0.4, 0.5) is 0 Å². The Labute approximate surface area is 65.3 Å². The minimum Gasteiger partial charge on any atom is -0.364 e. The Morgan fingerprint density at radius 3 is 2.73 bits per heavy atom. The molecule has 2 heteroatoms. The second-order valence-electron chi connectivity index (χ2n) is 3.25. The molecule has 0 radical (unpaired) electrons. The van der Waals surface area contributed by atoms with Gasteiger partial charge in [0.05, 0.1) is 0 Å². The summed E-state index contributed by atoms with van der Waals surface area (Å²) in [6, 6.07) is 1.60. The van der Waals surface area contributed by atoms with E-state index >= 15 is 0 Å². The summed E-state index contributed by atoms with van der Waals surface area (Å²) in [4.78, 5) is 14.3. The van der Waals surface area contributed by atoms with Crippen LogP contribution in [-0.4, -0.2) is 4.98 Å². The number of fused-ring (bicyclic) bond motifs is 1. The first-order valence-corrected chi connectivity index (χ1v) is 3.93. The molecule has 1 heterocycles. The minimum atomic E-state index is 0.185. The summed E-state index contributed by atoms with van der Waals surface area (Å²) in [5.74, 6) is 0.967. The van der Waals surface area contributed by atoms with Crippen molar-refractivity contribution in [3.8, 4) is 0 Å². The third-order valence-corrected chi connectivity index (χ3v) is 2.69. The molecule has 0 aliphatic heterocycles. The van der Waals surface area contributed by atoms with Gasteiger partial charge in [0.1, 0.15) is 0 Å². The lowest BCUT2D eigenvalue weighted by Gasteiger charge is -2.32. The highest BCUT2D eigenvalue weighted by molar-refractivity contribution is 5.38. The number of pyridine rings is 1. The molecule has 0 bridgehead atoms. The van der Waals surface area contributed by atoms with Crippen molar-refractivity contribution in [2.45, 2.75) is 25.7 Å². The maximum absolute atomic E-state index is 11.2. The van der Waals surface area contributed by atoms with Gasteiger partial charge in [-0.05, 0) is 5.92 Å². The minimum absolute atomic E-state index is 0.185. The van der Waals surface area contributed by atoms with E-state index in [1.54, 1.807) is 12.3 Å². The molecule has 0 saturated heterocycles. The lowest BCUT2D eigenvalue weighted by Crippen LogP contribution is -2.29. The molecule has 2 unspecified atom stereocenters. The van der Waals surface area contributed by atoms with Gasteiger partial charge >= 0.3 is 0 Å². The van der Waals surface area contributed by atoms with E-state index in [0.717, 1.165) is 11.3 Å². The molecule has 0 amide bonds. The summed E-state index contributed by atoms with van der Waals surface area (Å²) in [7, 11) is 0. The first kappa shape index (κ1) is 6.65. The van der Waals surface area contributed by atoms with Gasteiger partial charge in [-0.25, -0.2) is 0 Å². The molecule has 0 fully saturated rings. The molecule has 1 aliphatic carbocycles. The maximum Gasteiger partial charge on any atom is 0.185 e. The van der Waals surface area contributed by atoms with Crippen molar-refractivity contribution in [3.05, 3.63) is 33.7 Å². The van der Waals surface area contributed by atoms with E-state index in [9.17, 15) is 4.79 Å². The molecule has 1 aromatic rings. The smallest absolute Gasteiger partial charge is 0.185 e. The fourth-order valence-electron chi connectivity index (χ4n) is 1.76. The van der Waals surface area contributed by atoms with Crippen molar-refractivity contribution in [1.29, 1.82) is 0 Å². The average Bonchev–Trinajstić information content (AvgIpc) is 2.03. The summed E-state index contributed by atoms with van der Waals surface area (Å²) in [5.41, 5.74) is 2.30. The molecule has 58 valence electrons. The normalized spacial score (nSPS) is 27.5. The average molecular weight is 149 g/mol. The van der Waals surface area contributed by atoms with Gasteiger partial charge in [-0.1, -0.05) is 13.8 Å². The van der Waals surface area contributed by atoms with E-state index in [1.807, 2.05) is 0 Å². The Morgan fingerprint density at radius 2 is 2.09 bits per heavy atom. The highest BCUT2D eigenvalue weighted by Crippen LogP contribution is 2.41. The number of hydrogen-bond donors (Lipinski definition) is 1. The molecule has 1 N–H and O–H groups in total. The van der Waals surface area contributed by atoms with Crippen molar-refractivity contribution < 1.29 is 0 Å². The first-order valence-electron chi connectivity index (χ1n) is 3.93. The largest absolute Gasteiger partial charge is 0.364 e. The van der Waals surface area contributed by atoms with Crippen LogP contribution in [0.5, 0.6) is 0 Å². The highest BCUT2D eigenvalue weighted by Gasteiger charge is 2.33. The fraction of sp³-hybridized carbons (Fsp3) is 0.444. The monoisotopic (exact) mass is 149 g/mol. The van der Waals surface area contributed by atoms with E-state index < -0.39 is 0 Å². The number of nitrogens with one attached hydrogen (secondary N) is 1. The van der Waals surface area contributed by atoms with E-state index in [2.05, 4.69) is 18.8 Å². The van der Waals surface area contributed by atoms with Crippen LogP contribution in [-0.2, 0) is 0 Å². The number of H-pyrrole nitrogens is 1. The van der Waals surface area contributed by atoms with E-state index in [-0.39, 0.29) is 5.43 Å². The quantitative estimate of drug-likeness (QED) is 0.597. The second kappa shape index (κ2) is 1.97. The number of aromatic nitrogens is 1. The van der Waals surface area contributed by atoms with E-state index in [1.165, 1.54) is 0 Å². The number of hydrogen-bond acceptors (Lipinski definition) is 1. The van der Waals surface area contributed by atoms with Crippen molar-refractivity contribution in [3.63, 3.8) is 0 Å². The molecule has 11 heavy (non-hydrogen) atoms. The molecule has 0 spiro atoms. The zero-order chi connectivity index (χ0) is 8.01. The van der Waals surface area contributed by atoms with Gasteiger partial charge in [0, 0.05) is 29.4 Å². The van der Waals surface area contributed by atoms with Gasteiger partial charge in [0.15, 0.2) is 5.43 Å². The molecule has 2 rings (SSSR count). The molecule has 0 aromatic carbocycles. The lowest BCUT2D eigenvalue weighted by atomic mass is 9.73. The van der Waals surface area contributed by atoms with Crippen LogP contribution < -0.4 is 5.43 Å². The molecular weight excluding hydrogens is 138 g/mol. The van der Waals surface area contributed by atoms with E-state index in [0.29, 0.717) is 11.8 Å². The van der Waals surface area contributed by atoms with Crippen LogP contribution in [0.3, 0.4) is 0 Å². The number of aromatic amines is 1. The van der Waals surface area contributed by atoms with Gasteiger partial charge in [0.2, 0.25) is 0 Å². The van der Waals surface area contributed by atoms with Crippen LogP contribution in [0.15, 0.2) is 17.1 Å². The Kier molecular flexibility index (Phi) is 1.19. The summed E-state index contributed by atoms with van der Waals surface area (Å²) >= 11 is 0. The standard InChI is InChI=1S/C9H11NO/c1-5-6(2)9-8(5)7(11)3-4-10-9/h3-6H,1-2H3,(H,10,11). The zero-order valence-corrected chi connectivity index (χ0v) is 6.72. The Balaban J connectivity index is 2.66. The van der Waals surface area contributed by atoms with Crippen LogP contribution in [0.2, 0.25) is 0 Å². The van der Waals surface area contributed by atoms with Crippen molar-refractivity contribution >= 4 is 0 Å². The predicted octanol–water partition coefficient (Wildman–Crippen LogP) is 1.60. The van der Waals surface area contributed by atoms with Crippen molar-refractivity contribution in [1.82, 2.24) is 4.98 Å². The van der Waals surface area contributed by atoms with Crippen LogP contribution in [0.25, 0.3) is 0 Å². The van der Waals surface area contributed by atoms with Gasteiger partial charge in [-0.3, -0.25) is 4.79 Å².